The van der Waals surface area contributed by atoms with Gasteiger partial charge >= 0.3 is 0 Å². The Morgan fingerprint density at radius 1 is 1.32 bits per heavy atom. The number of rotatable bonds is 4. The summed E-state index contributed by atoms with van der Waals surface area (Å²) in [4.78, 5) is 0. The average molecular weight is 261 g/mol. The SMILES string of the molecule is Cc1c(OCC(C)(C)O)nn(-c2ccccc2)c1N. The van der Waals surface area contributed by atoms with E-state index in [1.807, 2.05) is 37.3 Å². The number of hydrogen-bond acceptors (Lipinski definition) is 4. The van der Waals surface area contributed by atoms with Crippen molar-refractivity contribution in [3.8, 4) is 11.6 Å². The van der Waals surface area contributed by atoms with Crippen molar-refractivity contribution in [1.82, 2.24) is 9.78 Å². The van der Waals surface area contributed by atoms with Gasteiger partial charge in [-0.25, -0.2) is 4.68 Å². The fraction of sp³-hybridized carbons (Fsp3) is 0.357. The van der Waals surface area contributed by atoms with Crippen LogP contribution >= 0.6 is 0 Å². The van der Waals surface area contributed by atoms with Crippen molar-refractivity contribution >= 4 is 5.82 Å². The number of nitrogen functional groups attached to an aromatic ring is 1. The van der Waals surface area contributed by atoms with Gasteiger partial charge in [0.15, 0.2) is 0 Å². The highest BCUT2D eigenvalue weighted by atomic mass is 16.5. The van der Waals surface area contributed by atoms with Crippen LogP contribution in [0, 0.1) is 6.92 Å². The van der Waals surface area contributed by atoms with E-state index in [1.165, 1.54) is 0 Å². The van der Waals surface area contributed by atoms with E-state index in [9.17, 15) is 5.11 Å². The third-order valence-electron chi connectivity index (χ3n) is 2.69. The molecule has 2 aromatic rings. The molecule has 0 aliphatic rings. The zero-order valence-corrected chi connectivity index (χ0v) is 11.4. The maximum Gasteiger partial charge on any atom is 0.238 e. The lowest BCUT2D eigenvalue weighted by molar-refractivity contribution is 0.0265. The van der Waals surface area contributed by atoms with Crippen molar-refractivity contribution in [2.75, 3.05) is 12.3 Å². The van der Waals surface area contributed by atoms with Crippen LogP contribution in [0.3, 0.4) is 0 Å². The Kier molecular flexibility index (Phi) is 3.48. The lowest BCUT2D eigenvalue weighted by Crippen LogP contribution is -2.28. The highest BCUT2D eigenvalue weighted by Crippen LogP contribution is 2.26. The summed E-state index contributed by atoms with van der Waals surface area (Å²) < 4.78 is 7.16. The molecule has 2 rings (SSSR count). The van der Waals surface area contributed by atoms with E-state index in [0.717, 1.165) is 11.3 Å². The topological polar surface area (TPSA) is 73.3 Å². The predicted octanol–water partition coefficient (Wildman–Crippen LogP) is 1.91. The van der Waals surface area contributed by atoms with Crippen LogP contribution in [-0.4, -0.2) is 27.1 Å². The summed E-state index contributed by atoms with van der Waals surface area (Å²) in [7, 11) is 0. The Labute approximate surface area is 112 Å². The fourth-order valence-electron chi connectivity index (χ4n) is 1.64. The molecule has 19 heavy (non-hydrogen) atoms. The van der Waals surface area contributed by atoms with Crippen LogP contribution in [0.4, 0.5) is 5.82 Å². The summed E-state index contributed by atoms with van der Waals surface area (Å²) in [6.07, 6.45) is 0. The largest absolute Gasteiger partial charge is 0.473 e. The smallest absolute Gasteiger partial charge is 0.238 e. The number of nitrogens with two attached hydrogens (primary N) is 1. The lowest BCUT2D eigenvalue weighted by Gasteiger charge is -2.16. The van der Waals surface area contributed by atoms with Crippen LogP contribution in [0.15, 0.2) is 30.3 Å². The van der Waals surface area contributed by atoms with E-state index in [2.05, 4.69) is 5.10 Å². The summed E-state index contributed by atoms with van der Waals surface area (Å²) in [6, 6.07) is 9.61. The van der Waals surface area contributed by atoms with Gasteiger partial charge in [-0.05, 0) is 32.9 Å². The molecule has 1 heterocycles. The van der Waals surface area contributed by atoms with Crippen molar-refractivity contribution < 1.29 is 9.84 Å². The predicted molar refractivity (Wildman–Crippen MR) is 74.5 cm³/mol. The molecule has 5 nitrogen and oxygen atoms in total. The van der Waals surface area contributed by atoms with Crippen LogP contribution in [0.25, 0.3) is 5.69 Å². The Morgan fingerprint density at radius 3 is 2.53 bits per heavy atom. The monoisotopic (exact) mass is 261 g/mol. The van der Waals surface area contributed by atoms with E-state index < -0.39 is 5.60 Å². The lowest BCUT2D eigenvalue weighted by atomic mass is 10.2. The molecule has 0 bridgehead atoms. The second-order valence-electron chi connectivity index (χ2n) is 5.16. The number of ether oxygens (including phenoxy) is 1. The van der Waals surface area contributed by atoms with Gasteiger partial charge < -0.3 is 15.6 Å². The molecule has 0 atom stereocenters. The van der Waals surface area contributed by atoms with Gasteiger partial charge in [-0.1, -0.05) is 18.2 Å². The Bertz CT molecular complexity index is 556. The maximum absolute atomic E-state index is 9.67. The number of hydrogen-bond donors (Lipinski definition) is 2. The van der Waals surface area contributed by atoms with Gasteiger partial charge in [0.25, 0.3) is 0 Å². The third-order valence-corrected chi connectivity index (χ3v) is 2.69. The van der Waals surface area contributed by atoms with Gasteiger partial charge in [-0.2, -0.15) is 0 Å². The van der Waals surface area contributed by atoms with Crippen molar-refractivity contribution in [3.63, 3.8) is 0 Å². The number of para-hydroxylation sites is 1. The van der Waals surface area contributed by atoms with Crippen molar-refractivity contribution in [2.24, 2.45) is 0 Å². The van der Waals surface area contributed by atoms with Crippen LogP contribution < -0.4 is 10.5 Å². The molecule has 0 spiro atoms. The molecule has 0 fully saturated rings. The second-order valence-corrected chi connectivity index (χ2v) is 5.16. The summed E-state index contributed by atoms with van der Waals surface area (Å²) in [5.41, 5.74) is 6.78. The summed E-state index contributed by atoms with van der Waals surface area (Å²) in [5, 5.41) is 14.0. The van der Waals surface area contributed by atoms with E-state index in [-0.39, 0.29) is 6.61 Å². The van der Waals surface area contributed by atoms with Crippen LogP contribution in [0.2, 0.25) is 0 Å². The standard InChI is InChI=1S/C14H19N3O2/c1-10-12(15)17(11-7-5-4-6-8-11)16-13(10)19-9-14(2,3)18/h4-8,18H,9,15H2,1-3H3. The minimum Gasteiger partial charge on any atom is -0.473 e. The number of benzene rings is 1. The van der Waals surface area contributed by atoms with Crippen molar-refractivity contribution in [1.29, 1.82) is 0 Å². The van der Waals surface area contributed by atoms with Crippen molar-refractivity contribution in [2.45, 2.75) is 26.4 Å². The zero-order chi connectivity index (χ0) is 14.0. The van der Waals surface area contributed by atoms with Crippen LogP contribution in [0.1, 0.15) is 19.4 Å². The van der Waals surface area contributed by atoms with Crippen LogP contribution in [-0.2, 0) is 0 Å². The Balaban J connectivity index is 2.29. The van der Waals surface area contributed by atoms with E-state index in [1.54, 1.807) is 18.5 Å². The Morgan fingerprint density at radius 2 is 1.95 bits per heavy atom. The second kappa shape index (κ2) is 4.93. The first-order valence-corrected chi connectivity index (χ1v) is 6.14. The first-order chi connectivity index (χ1) is 8.88. The first kappa shape index (κ1) is 13.4. The minimum absolute atomic E-state index is 0.166. The van der Waals surface area contributed by atoms with E-state index >= 15 is 0 Å². The van der Waals surface area contributed by atoms with Gasteiger partial charge in [0.05, 0.1) is 16.9 Å². The molecule has 5 heteroatoms. The molecule has 0 saturated carbocycles. The molecule has 0 radical (unpaired) electrons. The van der Waals surface area contributed by atoms with Gasteiger partial charge in [-0.3, -0.25) is 0 Å². The third kappa shape index (κ3) is 3.06. The van der Waals surface area contributed by atoms with Crippen molar-refractivity contribution in [3.05, 3.63) is 35.9 Å². The molecular formula is C14H19N3O2. The summed E-state index contributed by atoms with van der Waals surface area (Å²) in [6.45, 7) is 5.38. The molecule has 1 aromatic heterocycles. The highest BCUT2D eigenvalue weighted by molar-refractivity contribution is 5.51. The fourth-order valence-corrected chi connectivity index (χ4v) is 1.64. The first-order valence-electron chi connectivity index (χ1n) is 6.14. The zero-order valence-electron chi connectivity index (χ0n) is 11.4. The number of aromatic nitrogens is 2. The van der Waals surface area contributed by atoms with Gasteiger partial charge in [-0.15, -0.1) is 5.10 Å². The van der Waals surface area contributed by atoms with E-state index in [0.29, 0.717) is 11.7 Å². The molecule has 1 aromatic carbocycles. The average Bonchev–Trinajstić information content (AvgIpc) is 2.64. The molecular weight excluding hydrogens is 242 g/mol. The van der Waals surface area contributed by atoms with E-state index in [4.69, 9.17) is 10.5 Å². The normalized spacial score (nSPS) is 11.6. The van der Waals surface area contributed by atoms with Gasteiger partial charge in [0, 0.05) is 0 Å². The minimum atomic E-state index is -0.905. The summed E-state index contributed by atoms with van der Waals surface area (Å²) >= 11 is 0. The molecule has 3 N–H and O–H groups in total. The van der Waals surface area contributed by atoms with Gasteiger partial charge in [0.2, 0.25) is 5.88 Å². The quantitative estimate of drug-likeness (QED) is 0.881. The molecule has 0 unspecified atom stereocenters. The number of nitrogens with zero attached hydrogens (tertiary/aromatic N) is 2. The molecule has 0 aliphatic carbocycles. The van der Waals surface area contributed by atoms with Gasteiger partial charge in [0.1, 0.15) is 12.4 Å². The molecule has 0 saturated heterocycles. The summed E-state index contributed by atoms with van der Waals surface area (Å²) in [5.74, 6) is 0.987. The van der Waals surface area contributed by atoms with Crippen LogP contribution in [0.5, 0.6) is 5.88 Å². The highest BCUT2D eigenvalue weighted by Gasteiger charge is 2.18. The molecule has 102 valence electrons. The Hall–Kier alpha value is -2.01. The molecule has 0 aliphatic heterocycles. The molecule has 0 amide bonds. The number of anilines is 1. The maximum atomic E-state index is 9.67. The number of aliphatic hydroxyl groups is 1.